The molecule has 0 unspecified atom stereocenters. The summed E-state index contributed by atoms with van der Waals surface area (Å²) in [4.78, 5) is 0. The highest BCUT2D eigenvalue weighted by Gasteiger charge is 2.28. The third-order valence-electron chi connectivity index (χ3n) is 4.17. The second-order valence-electron chi connectivity index (χ2n) is 5.74. The van der Waals surface area contributed by atoms with Gasteiger partial charge in [-0.15, -0.1) is 0 Å². The highest BCUT2D eigenvalue weighted by Crippen LogP contribution is 2.27. The summed E-state index contributed by atoms with van der Waals surface area (Å²) in [6.45, 7) is 2.40. The highest BCUT2D eigenvalue weighted by molar-refractivity contribution is 4.84. The minimum atomic E-state index is -0.439. The molecule has 0 aliphatic heterocycles. The Balaban J connectivity index is 1.50. The third kappa shape index (κ3) is 4.57. The molecule has 0 bridgehead atoms. The summed E-state index contributed by atoms with van der Waals surface area (Å²) in [6.07, 6.45) is 11.2. The van der Waals surface area contributed by atoms with Crippen molar-refractivity contribution in [2.75, 3.05) is 19.7 Å². The predicted molar refractivity (Wildman–Crippen MR) is 69.1 cm³/mol. The molecule has 0 amide bonds. The lowest BCUT2D eigenvalue weighted by Gasteiger charge is -2.32. The molecule has 2 aliphatic carbocycles. The van der Waals surface area contributed by atoms with Crippen LogP contribution in [0.4, 0.5) is 0 Å². The zero-order valence-electron chi connectivity index (χ0n) is 10.9. The first kappa shape index (κ1) is 13.3. The number of nitrogens with one attached hydrogen (secondary N) is 1. The normalized spacial score (nSPS) is 25.2. The number of ether oxygens (including phenoxy) is 1. The van der Waals surface area contributed by atoms with E-state index in [9.17, 15) is 5.11 Å². The van der Waals surface area contributed by atoms with Crippen molar-refractivity contribution in [1.82, 2.24) is 5.32 Å². The van der Waals surface area contributed by atoms with Gasteiger partial charge in [-0.2, -0.15) is 0 Å². The van der Waals surface area contributed by atoms with E-state index in [0.717, 1.165) is 32.5 Å². The fraction of sp³-hybridized carbons (Fsp3) is 1.00. The van der Waals surface area contributed by atoms with Crippen molar-refractivity contribution in [3.05, 3.63) is 0 Å². The van der Waals surface area contributed by atoms with E-state index in [1.54, 1.807) is 0 Å². The van der Waals surface area contributed by atoms with Gasteiger partial charge in [0.2, 0.25) is 0 Å². The monoisotopic (exact) mass is 241 g/mol. The standard InChI is InChI=1S/C14H27NO2/c16-14(8-4-1-5-9-14)12-15-10-11-17-13-6-2-3-7-13/h13,15-16H,1-12H2. The first-order valence-corrected chi connectivity index (χ1v) is 7.33. The second kappa shape index (κ2) is 6.72. The molecule has 3 nitrogen and oxygen atoms in total. The minimum absolute atomic E-state index is 0.439. The van der Waals surface area contributed by atoms with Crippen LogP contribution < -0.4 is 5.32 Å². The first-order valence-electron chi connectivity index (χ1n) is 7.33. The van der Waals surface area contributed by atoms with E-state index < -0.39 is 5.60 Å². The van der Waals surface area contributed by atoms with Crippen molar-refractivity contribution >= 4 is 0 Å². The van der Waals surface area contributed by atoms with Gasteiger partial charge in [-0.1, -0.05) is 32.1 Å². The maximum Gasteiger partial charge on any atom is 0.0771 e. The Morgan fingerprint density at radius 1 is 1.06 bits per heavy atom. The quantitative estimate of drug-likeness (QED) is 0.701. The molecule has 0 spiro atoms. The molecule has 100 valence electrons. The van der Waals surface area contributed by atoms with Gasteiger partial charge in [0.05, 0.1) is 18.3 Å². The molecular formula is C14H27NO2. The molecule has 0 heterocycles. The molecule has 2 N–H and O–H groups in total. The number of rotatable bonds is 6. The van der Waals surface area contributed by atoms with E-state index in [1.807, 2.05) is 0 Å². The molecule has 0 saturated heterocycles. The van der Waals surface area contributed by atoms with Crippen LogP contribution in [0.3, 0.4) is 0 Å². The van der Waals surface area contributed by atoms with Crippen LogP contribution in [0.1, 0.15) is 57.8 Å². The van der Waals surface area contributed by atoms with Crippen LogP contribution in [0.2, 0.25) is 0 Å². The van der Waals surface area contributed by atoms with E-state index in [2.05, 4.69) is 5.32 Å². The molecule has 0 aromatic rings. The van der Waals surface area contributed by atoms with Crippen molar-refractivity contribution in [3.8, 4) is 0 Å². The third-order valence-corrected chi connectivity index (χ3v) is 4.17. The van der Waals surface area contributed by atoms with Gasteiger partial charge in [-0.25, -0.2) is 0 Å². The summed E-state index contributed by atoms with van der Waals surface area (Å²) in [6, 6.07) is 0. The molecule has 0 radical (unpaired) electrons. The molecule has 2 fully saturated rings. The van der Waals surface area contributed by atoms with Crippen molar-refractivity contribution in [2.24, 2.45) is 0 Å². The van der Waals surface area contributed by atoms with Gasteiger partial charge in [0.1, 0.15) is 0 Å². The highest BCUT2D eigenvalue weighted by atomic mass is 16.5. The second-order valence-corrected chi connectivity index (χ2v) is 5.74. The molecule has 2 aliphatic rings. The molecule has 0 atom stereocenters. The van der Waals surface area contributed by atoms with Crippen LogP contribution in [-0.2, 0) is 4.74 Å². The number of hydrogen-bond acceptors (Lipinski definition) is 3. The molecule has 17 heavy (non-hydrogen) atoms. The van der Waals surface area contributed by atoms with Gasteiger partial charge in [0.25, 0.3) is 0 Å². The van der Waals surface area contributed by atoms with Crippen LogP contribution in [0.25, 0.3) is 0 Å². The van der Waals surface area contributed by atoms with Gasteiger partial charge in [0.15, 0.2) is 0 Å². The Labute approximate surface area is 105 Å². The average molecular weight is 241 g/mol. The SMILES string of the molecule is OC1(CNCCOC2CCCC2)CCCCC1. The summed E-state index contributed by atoms with van der Waals surface area (Å²) in [5.41, 5.74) is -0.439. The van der Waals surface area contributed by atoms with Crippen LogP contribution in [0.15, 0.2) is 0 Å². The molecule has 2 rings (SSSR count). The molecule has 0 aromatic heterocycles. The van der Waals surface area contributed by atoms with Crippen molar-refractivity contribution in [3.63, 3.8) is 0 Å². The van der Waals surface area contributed by atoms with E-state index in [1.165, 1.54) is 44.9 Å². The summed E-state index contributed by atoms with van der Waals surface area (Å²) >= 11 is 0. The van der Waals surface area contributed by atoms with Crippen LogP contribution >= 0.6 is 0 Å². The Morgan fingerprint density at radius 3 is 2.47 bits per heavy atom. The van der Waals surface area contributed by atoms with Gasteiger partial charge < -0.3 is 15.2 Å². The Kier molecular flexibility index (Phi) is 5.26. The van der Waals surface area contributed by atoms with Crippen LogP contribution in [0.5, 0.6) is 0 Å². The Hall–Kier alpha value is -0.120. The maximum absolute atomic E-state index is 10.3. The smallest absolute Gasteiger partial charge is 0.0771 e. The van der Waals surface area contributed by atoms with Crippen molar-refractivity contribution in [2.45, 2.75) is 69.5 Å². The van der Waals surface area contributed by atoms with Gasteiger partial charge in [-0.05, 0) is 25.7 Å². The van der Waals surface area contributed by atoms with E-state index in [-0.39, 0.29) is 0 Å². The summed E-state index contributed by atoms with van der Waals surface area (Å²) in [7, 11) is 0. The lowest BCUT2D eigenvalue weighted by atomic mass is 9.85. The lowest BCUT2D eigenvalue weighted by molar-refractivity contribution is 0.00135. The van der Waals surface area contributed by atoms with Crippen LogP contribution in [-0.4, -0.2) is 36.5 Å². The van der Waals surface area contributed by atoms with Gasteiger partial charge >= 0.3 is 0 Å². The van der Waals surface area contributed by atoms with Gasteiger partial charge in [0, 0.05) is 13.1 Å². The zero-order chi connectivity index (χ0) is 12.0. The number of hydrogen-bond donors (Lipinski definition) is 2. The molecular weight excluding hydrogens is 214 g/mol. The largest absolute Gasteiger partial charge is 0.389 e. The summed E-state index contributed by atoms with van der Waals surface area (Å²) < 4.78 is 5.78. The predicted octanol–water partition coefficient (Wildman–Crippen LogP) is 2.23. The lowest BCUT2D eigenvalue weighted by Crippen LogP contribution is -2.43. The van der Waals surface area contributed by atoms with E-state index >= 15 is 0 Å². The number of aliphatic hydroxyl groups is 1. The topological polar surface area (TPSA) is 41.5 Å². The van der Waals surface area contributed by atoms with Gasteiger partial charge in [-0.3, -0.25) is 0 Å². The first-order chi connectivity index (χ1) is 8.29. The summed E-state index contributed by atoms with van der Waals surface area (Å²) in [5.74, 6) is 0. The summed E-state index contributed by atoms with van der Waals surface area (Å²) in [5, 5.41) is 13.6. The average Bonchev–Trinajstić information content (AvgIpc) is 2.82. The Bertz CT molecular complexity index is 208. The molecule has 0 aromatic carbocycles. The van der Waals surface area contributed by atoms with E-state index in [4.69, 9.17) is 4.74 Å². The van der Waals surface area contributed by atoms with Crippen LogP contribution in [0, 0.1) is 0 Å². The zero-order valence-corrected chi connectivity index (χ0v) is 10.9. The Morgan fingerprint density at radius 2 is 1.76 bits per heavy atom. The fourth-order valence-electron chi connectivity index (χ4n) is 3.06. The minimum Gasteiger partial charge on any atom is -0.389 e. The maximum atomic E-state index is 10.3. The fourth-order valence-corrected chi connectivity index (χ4v) is 3.06. The molecule has 3 heteroatoms. The van der Waals surface area contributed by atoms with Crippen molar-refractivity contribution < 1.29 is 9.84 Å². The molecule has 2 saturated carbocycles. The van der Waals surface area contributed by atoms with Crippen molar-refractivity contribution in [1.29, 1.82) is 0 Å². The van der Waals surface area contributed by atoms with E-state index in [0.29, 0.717) is 6.10 Å².